The van der Waals surface area contributed by atoms with Crippen molar-refractivity contribution in [1.29, 1.82) is 0 Å². The Kier molecular flexibility index (Phi) is 4.78. The number of carbonyl (C=O) groups excluding carboxylic acids is 1. The van der Waals surface area contributed by atoms with Crippen LogP contribution in [0.1, 0.15) is 19.4 Å². The number of carbonyl (C=O) groups is 1. The van der Waals surface area contributed by atoms with Gasteiger partial charge < -0.3 is 20.1 Å². The van der Waals surface area contributed by atoms with E-state index in [2.05, 4.69) is 0 Å². The molecule has 0 saturated carbocycles. The maximum atomic E-state index is 12.0. The summed E-state index contributed by atoms with van der Waals surface area (Å²) in [7, 11) is 4.90. The van der Waals surface area contributed by atoms with Crippen molar-refractivity contribution in [3.05, 3.63) is 23.8 Å². The molecule has 0 spiro atoms. The Labute approximate surface area is 114 Å². The summed E-state index contributed by atoms with van der Waals surface area (Å²) >= 11 is 0. The summed E-state index contributed by atoms with van der Waals surface area (Å²) in [4.78, 5) is 13.6. The molecule has 1 rings (SSSR count). The van der Waals surface area contributed by atoms with Crippen LogP contribution in [0.3, 0.4) is 0 Å². The van der Waals surface area contributed by atoms with E-state index in [-0.39, 0.29) is 5.91 Å². The molecule has 1 amide bonds. The van der Waals surface area contributed by atoms with Crippen LogP contribution < -0.4 is 15.2 Å². The van der Waals surface area contributed by atoms with Crippen molar-refractivity contribution in [2.75, 3.05) is 21.3 Å². The minimum absolute atomic E-state index is 0.109. The van der Waals surface area contributed by atoms with Gasteiger partial charge in [-0.05, 0) is 31.5 Å². The van der Waals surface area contributed by atoms with E-state index in [0.717, 1.165) is 5.56 Å². The van der Waals surface area contributed by atoms with Crippen LogP contribution in [-0.4, -0.2) is 37.6 Å². The first-order valence-corrected chi connectivity index (χ1v) is 6.05. The van der Waals surface area contributed by atoms with Crippen LogP contribution in [0, 0.1) is 0 Å². The number of amides is 1. The lowest BCUT2D eigenvalue weighted by molar-refractivity contribution is -0.135. The number of ether oxygens (including phenoxy) is 2. The van der Waals surface area contributed by atoms with E-state index in [1.807, 2.05) is 18.2 Å². The molecule has 0 aromatic heterocycles. The number of rotatable bonds is 5. The first-order valence-electron chi connectivity index (χ1n) is 6.05. The zero-order valence-electron chi connectivity index (χ0n) is 12.2. The van der Waals surface area contributed by atoms with Crippen molar-refractivity contribution in [3.8, 4) is 11.5 Å². The van der Waals surface area contributed by atoms with E-state index in [1.165, 1.54) is 0 Å². The molecule has 0 aliphatic heterocycles. The molecule has 0 aliphatic carbocycles. The predicted octanol–water partition coefficient (Wildman–Crippen LogP) is 1.40. The van der Waals surface area contributed by atoms with E-state index in [9.17, 15) is 4.79 Å². The molecule has 1 aromatic rings. The van der Waals surface area contributed by atoms with Crippen LogP contribution >= 0.6 is 0 Å². The van der Waals surface area contributed by atoms with Crippen LogP contribution in [0.2, 0.25) is 0 Å². The molecule has 0 bridgehead atoms. The van der Waals surface area contributed by atoms with Gasteiger partial charge in [-0.15, -0.1) is 0 Å². The standard InChI is InChI=1S/C14H22N2O3/c1-14(2,15)13(17)16(3)9-10-6-7-11(18-4)12(8-10)19-5/h6-8H,9,15H2,1-5H3. The highest BCUT2D eigenvalue weighted by molar-refractivity contribution is 5.84. The average molecular weight is 266 g/mol. The zero-order valence-corrected chi connectivity index (χ0v) is 12.2. The minimum Gasteiger partial charge on any atom is -0.493 e. The minimum atomic E-state index is -0.870. The van der Waals surface area contributed by atoms with Gasteiger partial charge in [0.05, 0.1) is 19.8 Å². The van der Waals surface area contributed by atoms with Gasteiger partial charge in [0.2, 0.25) is 5.91 Å². The van der Waals surface area contributed by atoms with E-state index in [4.69, 9.17) is 15.2 Å². The van der Waals surface area contributed by atoms with Gasteiger partial charge in [-0.1, -0.05) is 6.07 Å². The van der Waals surface area contributed by atoms with Crippen LogP contribution in [0.15, 0.2) is 18.2 Å². The van der Waals surface area contributed by atoms with Gasteiger partial charge in [0.1, 0.15) is 0 Å². The zero-order chi connectivity index (χ0) is 14.6. The molecule has 19 heavy (non-hydrogen) atoms. The molecular formula is C14H22N2O3. The number of hydrogen-bond acceptors (Lipinski definition) is 4. The van der Waals surface area contributed by atoms with Crippen molar-refractivity contribution < 1.29 is 14.3 Å². The molecular weight excluding hydrogens is 244 g/mol. The Balaban J connectivity index is 2.86. The molecule has 1 aromatic carbocycles. The summed E-state index contributed by atoms with van der Waals surface area (Å²) in [6, 6.07) is 5.57. The summed E-state index contributed by atoms with van der Waals surface area (Å²) in [5, 5.41) is 0. The van der Waals surface area contributed by atoms with E-state index in [0.29, 0.717) is 18.0 Å². The maximum absolute atomic E-state index is 12.0. The highest BCUT2D eigenvalue weighted by Crippen LogP contribution is 2.28. The van der Waals surface area contributed by atoms with Gasteiger partial charge in [-0.25, -0.2) is 0 Å². The quantitative estimate of drug-likeness (QED) is 0.875. The third kappa shape index (κ3) is 3.86. The molecule has 106 valence electrons. The normalized spacial score (nSPS) is 11.1. The van der Waals surface area contributed by atoms with Gasteiger partial charge >= 0.3 is 0 Å². The maximum Gasteiger partial charge on any atom is 0.242 e. The Bertz CT molecular complexity index is 452. The number of methoxy groups -OCH3 is 2. The second-order valence-corrected chi connectivity index (χ2v) is 5.07. The fourth-order valence-electron chi connectivity index (χ4n) is 1.82. The van der Waals surface area contributed by atoms with Crippen LogP contribution in [0.4, 0.5) is 0 Å². The lowest BCUT2D eigenvalue weighted by Gasteiger charge is -2.26. The Morgan fingerprint density at radius 1 is 1.26 bits per heavy atom. The monoisotopic (exact) mass is 266 g/mol. The lowest BCUT2D eigenvalue weighted by atomic mass is 10.1. The average Bonchev–Trinajstić information content (AvgIpc) is 2.36. The summed E-state index contributed by atoms with van der Waals surface area (Å²) in [5.41, 5.74) is 5.89. The fourth-order valence-corrected chi connectivity index (χ4v) is 1.82. The van der Waals surface area contributed by atoms with Gasteiger partial charge in [0.15, 0.2) is 11.5 Å². The molecule has 0 fully saturated rings. The van der Waals surface area contributed by atoms with Gasteiger partial charge in [0.25, 0.3) is 0 Å². The van der Waals surface area contributed by atoms with Gasteiger partial charge in [-0.2, -0.15) is 0 Å². The first-order chi connectivity index (χ1) is 8.79. The van der Waals surface area contributed by atoms with Crippen molar-refractivity contribution >= 4 is 5.91 Å². The largest absolute Gasteiger partial charge is 0.493 e. The van der Waals surface area contributed by atoms with E-state index >= 15 is 0 Å². The number of nitrogens with zero attached hydrogens (tertiary/aromatic N) is 1. The molecule has 0 aliphatic rings. The third-order valence-corrected chi connectivity index (χ3v) is 2.77. The Morgan fingerprint density at radius 2 is 1.84 bits per heavy atom. The fraction of sp³-hybridized carbons (Fsp3) is 0.500. The summed E-state index contributed by atoms with van der Waals surface area (Å²) in [6.45, 7) is 3.86. The summed E-state index contributed by atoms with van der Waals surface area (Å²) in [6.07, 6.45) is 0. The molecule has 0 radical (unpaired) electrons. The number of hydrogen-bond donors (Lipinski definition) is 1. The smallest absolute Gasteiger partial charge is 0.242 e. The number of benzene rings is 1. The highest BCUT2D eigenvalue weighted by Gasteiger charge is 2.25. The third-order valence-electron chi connectivity index (χ3n) is 2.77. The Morgan fingerprint density at radius 3 is 2.32 bits per heavy atom. The molecule has 0 saturated heterocycles. The predicted molar refractivity (Wildman–Crippen MR) is 74.3 cm³/mol. The Hall–Kier alpha value is -1.75. The second-order valence-electron chi connectivity index (χ2n) is 5.07. The molecule has 0 atom stereocenters. The van der Waals surface area contributed by atoms with Crippen molar-refractivity contribution in [1.82, 2.24) is 4.90 Å². The van der Waals surface area contributed by atoms with Crippen molar-refractivity contribution in [3.63, 3.8) is 0 Å². The first kappa shape index (κ1) is 15.3. The number of nitrogens with two attached hydrogens (primary N) is 1. The van der Waals surface area contributed by atoms with Crippen LogP contribution in [-0.2, 0) is 11.3 Å². The molecule has 0 unspecified atom stereocenters. The highest BCUT2D eigenvalue weighted by atomic mass is 16.5. The molecule has 0 heterocycles. The number of likely N-dealkylation sites (N-methyl/N-ethyl adjacent to an activating group) is 1. The van der Waals surface area contributed by atoms with Gasteiger partial charge in [0, 0.05) is 13.6 Å². The van der Waals surface area contributed by atoms with Crippen LogP contribution in [0.5, 0.6) is 11.5 Å². The lowest BCUT2D eigenvalue weighted by Crippen LogP contribution is -2.49. The van der Waals surface area contributed by atoms with E-state index < -0.39 is 5.54 Å². The SMILES string of the molecule is COc1ccc(CN(C)C(=O)C(C)(C)N)cc1OC. The molecule has 5 heteroatoms. The van der Waals surface area contributed by atoms with Gasteiger partial charge in [-0.3, -0.25) is 4.79 Å². The molecule has 2 N–H and O–H groups in total. The van der Waals surface area contributed by atoms with Crippen LogP contribution in [0.25, 0.3) is 0 Å². The summed E-state index contributed by atoms with van der Waals surface area (Å²) < 4.78 is 10.4. The summed E-state index contributed by atoms with van der Waals surface area (Å²) in [5.74, 6) is 1.20. The molecule has 5 nitrogen and oxygen atoms in total. The van der Waals surface area contributed by atoms with Crippen molar-refractivity contribution in [2.24, 2.45) is 5.73 Å². The van der Waals surface area contributed by atoms with Crippen molar-refractivity contribution in [2.45, 2.75) is 25.9 Å². The van der Waals surface area contributed by atoms with E-state index in [1.54, 1.807) is 40.0 Å². The second kappa shape index (κ2) is 5.93. The topological polar surface area (TPSA) is 64.8 Å².